The number of amidine groups is 1. The number of hydrogen-bond acceptors (Lipinski definition) is 8. The summed E-state index contributed by atoms with van der Waals surface area (Å²) in [6.45, 7) is 2.48. The summed E-state index contributed by atoms with van der Waals surface area (Å²) in [6, 6.07) is 2.47. The molecular weight excluding hydrogens is 470 g/mol. The number of aromatic nitrogens is 2. The van der Waals surface area contributed by atoms with E-state index in [-0.39, 0.29) is 17.3 Å². The Kier molecular flexibility index (Phi) is 6.06. The molecular formula is C19H21F4N5O4S. The van der Waals surface area contributed by atoms with E-state index in [1.54, 1.807) is 0 Å². The van der Waals surface area contributed by atoms with Crippen LogP contribution in [0.2, 0.25) is 0 Å². The molecule has 0 unspecified atom stereocenters. The number of nitrogens with zero attached hydrogens (tertiary/aromatic N) is 3. The van der Waals surface area contributed by atoms with Gasteiger partial charge in [0.05, 0.1) is 25.3 Å². The van der Waals surface area contributed by atoms with Gasteiger partial charge in [0, 0.05) is 11.3 Å². The zero-order valence-electron chi connectivity index (χ0n) is 17.6. The van der Waals surface area contributed by atoms with Gasteiger partial charge in [-0.25, -0.2) is 19.4 Å². The molecule has 1 aromatic heterocycles. The number of methoxy groups -OCH3 is 1. The van der Waals surface area contributed by atoms with Crippen molar-refractivity contribution in [2.75, 3.05) is 18.2 Å². The van der Waals surface area contributed by atoms with E-state index in [2.05, 4.69) is 20.3 Å². The van der Waals surface area contributed by atoms with Crippen molar-refractivity contribution in [2.45, 2.75) is 30.3 Å². The molecule has 1 aliphatic heterocycles. The first-order chi connectivity index (χ1) is 15.1. The van der Waals surface area contributed by atoms with Gasteiger partial charge in [-0.3, -0.25) is 13.9 Å². The summed E-state index contributed by atoms with van der Waals surface area (Å²) in [5.74, 6) is -4.04. The van der Waals surface area contributed by atoms with Crippen molar-refractivity contribution in [1.82, 2.24) is 9.97 Å². The van der Waals surface area contributed by atoms with E-state index in [9.17, 15) is 31.5 Å². The molecule has 9 nitrogen and oxygen atoms in total. The fraction of sp³-hybridized carbons (Fsp3) is 0.368. The van der Waals surface area contributed by atoms with Crippen LogP contribution in [0.3, 0.4) is 0 Å². The van der Waals surface area contributed by atoms with Gasteiger partial charge in [0.25, 0.3) is 5.91 Å². The van der Waals surface area contributed by atoms with E-state index in [4.69, 9.17) is 10.5 Å². The van der Waals surface area contributed by atoms with Gasteiger partial charge in [-0.15, -0.1) is 0 Å². The van der Waals surface area contributed by atoms with Crippen LogP contribution >= 0.6 is 10.6 Å². The first kappa shape index (κ1) is 24.7. The maximum absolute atomic E-state index is 14.7. The maximum atomic E-state index is 14.7. The fourth-order valence-corrected chi connectivity index (χ4v) is 4.81. The Hall–Kier alpha value is -2.97. The summed E-state index contributed by atoms with van der Waals surface area (Å²) in [7, 11) is -2.67. The summed E-state index contributed by atoms with van der Waals surface area (Å²) in [6.07, 6.45) is -3.00. The average Bonchev–Trinajstić information content (AvgIpc) is 2.72. The number of aliphatic imine (C=N–C) groups is 1. The molecule has 2 aromatic rings. The number of amides is 1. The van der Waals surface area contributed by atoms with Crippen molar-refractivity contribution in [3.8, 4) is 5.88 Å². The summed E-state index contributed by atoms with van der Waals surface area (Å²) < 4.78 is 81.8. The number of hydrogen-bond donors (Lipinski definition) is 4. The molecule has 0 bridgehead atoms. The molecule has 14 heteroatoms. The van der Waals surface area contributed by atoms with Crippen molar-refractivity contribution >= 4 is 28.0 Å². The molecule has 2 heterocycles. The molecule has 0 saturated carbocycles. The predicted molar refractivity (Wildman–Crippen MR) is 114 cm³/mol. The molecule has 0 fully saturated rings. The lowest BCUT2D eigenvalue weighted by atomic mass is 9.89. The van der Waals surface area contributed by atoms with E-state index in [1.807, 2.05) is 0 Å². The Bertz CT molecular complexity index is 1110. The predicted octanol–water partition coefficient (Wildman–Crippen LogP) is 3.53. The molecule has 1 aromatic carbocycles. The third-order valence-corrected chi connectivity index (χ3v) is 8.03. The second kappa shape index (κ2) is 8.11. The molecule has 0 spiro atoms. The zero-order valence-corrected chi connectivity index (χ0v) is 18.5. The molecule has 1 aliphatic rings. The average molecular weight is 491 g/mol. The van der Waals surface area contributed by atoms with Gasteiger partial charge in [0.15, 0.2) is 0 Å². The standard InChI is InChI=1S/C19H21F4N5O4S/c1-17(2)16(24)28-18(19(21,22)23,9-33(17,30)31)11-6-10(4-5-12(11)20)27-15(29)13-7-26-14(32-3)8-25-13/h4-8,30-31H,9H2,1-3H3,(H2,24,28)(H,27,29)/t18-/m1/s1. The van der Waals surface area contributed by atoms with E-state index >= 15 is 0 Å². The zero-order chi connectivity index (χ0) is 24.8. The Balaban J connectivity index is 2.08. The van der Waals surface area contributed by atoms with Crippen LogP contribution in [0.15, 0.2) is 35.6 Å². The van der Waals surface area contributed by atoms with Crippen LogP contribution in [0.4, 0.5) is 23.2 Å². The van der Waals surface area contributed by atoms with Crippen LogP contribution in [0, 0.1) is 5.82 Å². The van der Waals surface area contributed by atoms with Crippen molar-refractivity contribution in [3.05, 3.63) is 47.7 Å². The second-order valence-corrected chi connectivity index (χ2v) is 10.4. The number of ether oxygens (including phenoxy) is 1. The van der Waals surface area contributed by atoms with Gasteiger partial charge in [-0.1, -0.05) is 0 Å². The largest absolute Gasteiger partial charge is 0.480 e. The van der Waals surface area contributed by atoms with Gasteiger partial charge in [-0.05, 0) is 32.0 Å². The van der Waals surface area contributed by atoms with Gasteiger partial charge in [-0.2, -0.15) is 23.8 Å². The molecule has 1 amide bonds. The minimum atomic E-state index is -5.25. The Morgan fingerprint density at radius 2 is 1.91 bits per heavy atom. The maximum Gasteiger partial charge on any atom is 0.419 e. The molecule has 0 aliphatic carbocycles. The first-order valence-corrected chi connectivity index (χ1v) is 11.0. The smallest absolute Gasteiger partial charge is 0.419 e. The normalized spacial score (nSPS) is 22.8. The number of nitrogens with one attached hydrogen (secondary N) is 1. The van der Waals surface area contributed by atoms with Crippen LogP contribution in [0.1, 0.15) is 29.9 Å². The third-order valence-electron chi connectivity index (χ3n) is 5.36. The minimum absolute atomic E-state index is 0.136. The van der Waals surface area contributed by atoms with Gasteiger partial charge < -0.3 is 15.8 Å². The highest BCUT2D eigenvalue weighted by molar-refractivity contribution is 8.26. The van der Waals surface area contributed by atoms with Gasteiger partial charge in [0.2, 0.25) is 11.4 Å². The molecule has 180 valence electrons. The second-order valence-electron chi connectivity index (χ2n) is 7.77. The summed E-state index contributed by atoms with van der Waals surface area (Å²) >= 11 is 0. The minimum Gasteiger partial charge on any atom is -0.480 e. The SMILES string of the molecule is COc1cnc(C(=O)Nc2ccc(F)c([C@@]3(C(F)(F)F)CS(O)(O)C(C)(C)C(N)=N3)c2)cn1. The van der Waals surface area contributed by atoms with Gasteiger partial charge in [0.1, 0.15) is 22.1 Å². The number of nitrogens with two attached hydrogens (primary N) is 1. The molecule has 33 heavy (non-hydrogen) atoms. The van der Waals surface area contributed by atoms with E-state index in [0.717, 1.165) is 24.5 Å². The number of anilines is 1. The molecule has 0 radical (unpaired) electrons. The highest BCUT2D eigenvalue weighted by Crippen LogP contribution is 2.62. The van der Waals surface area contributed by atoms with Crippen LogP contribution in [-0.4, -0.2) is 54.6 Å². The molecule has 1 atom stereocenters. The van der Waals surface area contributed by atoms with E-state index in [0.29, 0.717) is 6.07 Å². The number of carbonyl (C=O) groups is 1. The lowest BCUT2D eigenvalue weighted by molar-refractivity contribution is -0.183. The van der Waals surface area contributed by atoms with Crippen molar-refractivity contribution in [2.24, 2.45) is 10.7 Å². The number of benzene rings is 1. The monoisotopic (exact) mass is 491 g/mol. The van der Waals surface area contributed by atoms with E-state index in [1.165, 1.54) is 21.0 Å². The van der Waals surface area contributed by atoms with E-state index < -0.39 is 55.9 Å². The number of alkyl halides is 3. The summed E-state index contributed by atoms with van der Waals surface area (Å²) in [5, 5.41) is 2.31. The number of carbonyl (C=O) groups excluding carboxylic acids is 1. The topological polar surface area (TPSA) is 143 Å². The fourth-order valence-electron chi connectivity index (χ4n) is 3.10. The summed E-state index contributed by atoms with van der Waals surface area (Å²) in [5.41, 5.74) is 0.907. The van der Waals surface area contributed by atoms with Crippen molar-refractivity contribution in [1.29, 1.82) is 0 Å². The quantitative estimate of drug-likeness (QED) is 0.479. The molecule has 5 N–H and O–H groups in total. The number of rotatable bonds is 4. The highest BCUT2D eigenvalue weighted by atomic mass is 32.3. The Morgan fingerprint density at radius 1 is 1.24 bits per heavy atom. The molecule has 3 rings (SSSR count). The third kappa shape index (κ3) is 4.20. The van der Waals surface area contributed by atoms with Crippen LogP contribution in [-0.2, 0) is 5.54 Å². The van der Waals surface area contributed by atoms with Crippen molar-refractivity contribution in [3.63, 3.8) is 0 Å². The highest BCUT2D eigenvalue weighted by Gasteiger charge is 2.64. The van der Waals surface area contributed by atoms with Crippen molar-refractivity contribution < 1.29 is 36.2 Å². The van der Waals surface area contributed by atoms with Gasteiger partial charge >= 0.3 is 6.18 Å². The lowest BCUT2D eigenvalue weighted by Crippen LogP contribution is -2.57. The number of halogens is 4. The van der Waals surface area contributed by atoms with Crippen LogP contribution in [0.25, 0.3) is 0 Å². The Morgan fingerprint density at radius 3 is 2.42 bits per heavy atom. The van der Waals surface area contributed by atoms with Crippen LogP contribution < -0.4 is 15.8 Å². The summed E-state index contributed by atoms with van der Waals surface area (Å²) in [4.78, 5) is 23.6. The van der Waals surface area contributed by atoms with Crippen LogP contribution in [0.5, 0.6) is 5.88 Å². The lowest BCUT2D eigenvalue weighted by Gasteiger charge is -2.54. The Labute approximate surface area is 187 Å². The first-order valence-electron chi connectivity index (χ1n) is 9.30. The molecule has 0 saturated heterocycles.